The number of nitrogens with zero attached hydrogens (tertiary/aromatic N) is 2. The summed E-state index contributed by atoms with van der Waals surface area (Å²) in [6.07, 6.45) is 5.21. The van der Waals surface area contributed by atoms with Crippen LogP contribution in [0.4, 0.5) is 0 Å². The number of carbonyl (C=O) groups is 1. The van der Waals surface area contributed by atoms with Gasteiger partial charge in [0.25, 0.3) is 5.91 Å². The van der Waals surface area contributed by atoms with Crippen LogP contribution in [0, 0.1) is 0 Å². The van der Waals surface area contributed by atoms with Crippen molar-refractivity contribution in [1.29, 1.82) is 0 Å². The van der Waals surface area contributed by atoms with Gasteiger partial charge in [0.2, 0.25) is 0 Å². The monoisotopic (exact) mass is 355 g/mol. The molecular weight excluding hydrogens is 338 g/mol. The Morgan fingerprint density at radius 2 is 1.96 bits per heavy atom. The Labute approximate surface area is 155 Å². The molecule has 0 spiro atoms. The van der Waals surface area contributed by atoms with Crippen LogP contribution < -0.4 is 5.43 Å². The number of fused-ring (bicyclic) bond motifs is 4. The Morgan fingerprint density at radius 1 is 1.11 bits per heavy atom. The Bertz CT molecular complexity index is 1180. The fourth-order valence-electron chi connectivity index (χ4n) is 3.67. The number of benzene rings is 2. The Morgan fingerprint density at radius 3 is 2.93 bits per heavy atom. The average Bonchev–Trinajstić information content (AvgIpc) is 3.32. The van der Waals surface area contributed by atoms with Crippen molar-refractivity contribution in [3.8, 4) is 11.3 Å². The first-order valence-electron chi connectivity index (χ1n) is 8.86. The van der Waals surface area contributed by atoms with Gasteiger partial charge in [0.05, 0.1) is 11.9 Å². The quantitative estimate of drug-likeness (QED) is 0.388. The van der Waals surface area contributed by atoms with Crippen molar-refractivity contribution in [3.63, 3.8) is 0 Å². The molecule has 0 saturated carbocycles. The third kappa shape index (κ3) is 2.62. The van der Waals surface area contributed by atoms with Crippen LogP contribution in [0.15, 0.2) is 59.8 Å². The van der Waals surface area contributed by atoms with E-state index in [4.69, 9.17) is 0 Å². The second-order valence-corrected chi connectivity index (χ2v) is 6.57. The second-order valence-electron chi connectivity index (χ2n) is 6.57. The van der Waals surface area contributed by atoms with E-state index in [1.807, 2.05) is 48.7 Å². The predicted molar refractivity (Wildman–Crippen MR) is 105 cm³/mol. The summed E-state index contributed by atoms with van der Waals surface area (Å²) < 4.78 is 0. The molecule has 1 amide bonds. The SMILES string of the molecule is O=C(N/N=C\c1c[nH]c2ccccc12)c1[nH]nc2c1CCc1ccccc1-2. The fraction of sp³-hybridized carbons (Fsp3) is 0.0952. The van der Waals surface area contributed by atoms with Crippen LogP contribution in [0.2, 0.25) is 0 Å². The van der Waals surface area contributed by atoms with Crippen molar-refractivity contribution < 1.29 is 4.79 Å². The standard InChI is InChI=1S/C21H17N5O/c27-21(26-23-12-14-11-22-18-8-4-3-6-15(14)18)20-17-10-9-13-5-1-2-7-16(13)19(17)24-25-20/h1-8,11-12,22H,9-10H2,(H,24,25)(H,26,27)/b23-12-. The molecule has 0 saturated heterocycles. The lowest BCUT2D eigenvalue weighted by Gasteiger charge is -2.15. The number of nitrogens with one attached hydrogen (secondary N) is 3. The van der Waals surface area contributed by atoms with E-state index < -0.39 is 0 Å². The maximum Gasteiger partial charge on any atom is 0.289 e. The van der Waals surface area contributed by atoms with Crippen molar-refractivity contribution >= 4 is 23.0 Å². The van der Waals surface area contributed by atoms with Crippen molar-refractivity contribution in [3.05, 3.63) is 77.1 Å². The van der Waals surface area contributed by atoms with Crippen LogP contribution in [-0.2, 0) is 12.8 Å². The summed E-state index contributed by atoms with van der Waals surface area (Å²) in [5.74, 6) is -0.278. The molecule has 0 fully saturated rings. The smallest absolute Gasteiger partial charge is 0.289 e. The largest absolute Gasteiger partial charge is 0.361 e. The van der Waals surface area contributed by atoms with Crippen LogP contribution in [0.1, 0.15) is 27.2 Å². The molecule has 2 aromatic carbocycles. The predicted octanol–water partition coefficient (Wildman–Crippen LogP) is 3.42. The van der Waals surface area contributed by atoms with E-state index in [1.165, 1.54) is 5.56 Å². The number of aromatic nitrogens is 3. The lowest BCUT2D eigenvalue weighted by Crippen LogP contribution is -2.20. The third-order valence-electron chi connectivity index (χ3n) is 5.00. The highest BCUT2D eigenvalue weighted by molar-refractivity contribution is 6.00. The van der Waals surface area contributed by atoms with Gasteiger partial charge in [-0.15, -0.1) is 0 Å². The number of para-hydroxylation sites is 1. The summed E-state index contributed by atoms with van der Waals surface area (Å²) in [6.45, 7) is 0. The average molecular weight is 355 g/mol. The van der Waals surface area contributed by atoms with Gasteiger partial charge >= 0.3 is 0 Å². The van der Waals surface area contributed by atoms with Gasteiger partial charge < -0.3 is 4.98 Å². The molecule has 5 rings (SSSR count). The molecule has 1 aliphatic carbocycles. The zero-order chi connectivity index (χ0) is 18.2. The zero-order valence-electron chi connectivity index (χ0n) is 14.5. The maximum atomic E-state index is 12.6. The molecule has 1 aliphatic rings. The summed E-state index contributed by atoms with van der Waals surface area (Å²) in [5, 5.41) is 12.4. The molecule has 3 N–H and O–H groups in total. The summed E-state index contributed by atoms with van der Waals surface area (Å²) >= 11 is 0. The zero-order valence-corrected chi connectivity index (χ0v) is 14.5. The summed E-state index contributed by atoms with van der Waals surface area (Å²) in [5.41, 5.74) is 9.22. The van der Waals surface area contributed by atoms with Crippen LogP contribution in [0.5, 0.6) is 0 Å². The number of aryl methyl sites for hydroxylation is 1. The van der Waals surface area contributed by atoms with Crippen LogP contribution >= 0.6 is 0 Å². The molecule has 2 aromatic heterocycles. The van der Waals surface area contributed by atoms with Gasteiger partial charge in [-0.1, -0.05) is 42.5 Å². The number of carbonyl (C=O) groups excluding carboxylic acids is 1. The molecule has 0 atom stereocenters. The summed E-state index contributed by atoms with van der Waals surface area (Å²) in [7, 11) is 0. The van der Waals surface area contributed by atoms with E-state index in [1.54, 1.807) is 6.21 Å². The van der Waals surface area contributed by atoms with E-state index in [0.29, 0.717) is 5.69 Å². The Balaban J connectivity index is 1.38. The van der Waals surface area contributed by atoms with Gasteiger partial charge in [-0.2, -0.15) is 10.2 Å². The number of amides is 1. The van der Waals surface area contributed by atoms with Gasteiger partial charge in [-0.05, 0) is 24.5 Å². The van der Waals surface area contributed by atoms with E-state index >= 15 is 0 Å². The highest BCUT2D eigenvalue weighted by atomic mass is 16.2. The molecule has 0 bridgehead atoms. The van der Waals surface area contributed by atoms with Gasteiger partial charge in [0.1, 0.15) is 5.69 Å². The summed E-state index contributed by atoms with van der Waals surface area (Å²) in [4.78, 5) is 15.8. The minimum Gasteiger partial charge on any atom is -0.361 e. The van der Waals surface area contributed by atoms with Gasteiger partial charge in [-0.25, -0.2) is 5.43 Å². The first-order chi connectivity index (χ1) is 13.3. The molecule has 132 valence electrons. The molecule has 0 unspecified atom stereocenters. The number of hydrazone groups is 1. The lowest BCUT2D eigenvalue weighted by molar-refractivity contribution is 0.0949. The molecule has 27 heavy (non-hydrogen) atoms. The number of hydrogen-bond acceptors (Lipinski definition) is 3. The number of rotatable bonds is 3. The maximum absolute atomic E-state index is 12.6. The molecule has 2 heterocycles. The molecule has 0 aliphatic heterocycles. The van der Waals surface area contributed by atoms with Crippen molar-refractivity contribution in [1.82, 2.24) is 20.6 Å². The van der Waals surface area contributed by atoms with Crippen molar-refractivity contribution in [2.24, 2.45) is 5.10 Å². The van der Waals surface area contributed by atoms with Crippen molar-refractivity contribution in [2.75, 3.05) is 0 Å². The molecule has 6 nitrogen and oxygen atoms in total. The molecular formula is C21H17N5O. The topological polar surface area (TPSA) is 85.9 Å². The van der Waals surface area contributed by atoms with Crippen LogP contribution in [-0.4, -0.2) is 27.3 Å². The number of hydrogen-bond donors (Lipinski definition) is 3. The van der Waals surface area contributed by atoms with Gasteiger partial charge in [-0.3, -0.25) is 9.89 Å². The normalized spacial score (nSPS) is 12.9. The minimum atomic E-state index is -0.278. The van der Waals surface area contributed by atoms with E-state index in [9.17, 15) is 4.79 Å². The molecule has 4 aromatic rings. The first-order valence-corrected chi connectivity index (χ1v) is 8.86. The van der Waals surface area contributed by atoms with E-state index in [0.717, 1.165) is 46.1 Å². The minimum absolute atomic E-state index is 0.278. The Hall–Kier alpha value is -3.67. The highest BCUT2D eigenvalue weighted by Gasteiger charge is 2.24. The van der Waals surface area contributed by atoms with E-state index in [2.05, 4.69) is 31.8 Å². The third-order valence-corrected chi connectivity index (χ3v) is 5.00. The van der Waals surface area contributed by atoms with Gasteiger partial charge in [0, 0.05) is 33.8 Å². The van der Waals surface area contributed by atoms with Crippen LogP contribution in [0.3, 0.4) is 0 Å². The van der Waals surface area contributed by atoms with Crippen LogP contribution in [0.25, 0.3) is 22.2 Å². The number of H-pyrrole nitrogens is 2. The molecule has 6 heteroatoms. The fourth-order valence-corrected chi connectivity index (χ4v) is 3.67. The lowest BCUT2D eigenvalue weighted by atomic mass is 9.89. The first kappa shape index (κ1) is 15.6. The second kappa shape index (κ2) is 6.25. The Kier molecular flexibility index (Phi) is 3.60. The molecule has 0 radical (unpaired) electrons. The van der Waals surface area contributed by atoms with Crippen molar-refractivity contribution in [2.45, 2.75) is 12.8 Å². The van der Waals surface area contributed by atoms with Gasteiger partial charge in [0.15, 0.2) is 0 Å². The summed E-state index contributed by atoms with van der Waals surface area (Å²) in [6, 6.07) is 16.1. The number of aromatic amines is 2. The van der Waals surface area contributed by atoms with E-state index in [-0.39, 0.29) is 5.91 Å². The highest BCUT2D eigenvalue weighted by Crippen LogP contribution is 2.33.